The molecule has 2 aromatic rings. The van der Waals surface area contributed by atoms with Crippen LogP contribution in [-0.2, 0) is 4.79 Å². The summed E-state index contributed by atoms with van der Waals surface area (Å²) in [5, 5.41) is 10.6. The van der Waals surface area contributed by atoms with Gasteiger partial charge in [-0.15, -0.1) is 0 Å². The standard InChI is InChI=1S/C23H30N2O2/c1-18(19-9-5-3-6-10-19)24(2)22(26)17-25-15-13-21(14-16-25)23(27)20-11-7-4-8-12-20/h3-12,18,21,23,27H,13-17H2,1-2H3. The van der Waals surface area contributed by atoms with E-state index in [4.69, 9.17) is 0 Å². The summed E-state index contributed by atoms with van der Waals surface area (Å²) in [4.78, 5) is 16.7. The highest BCUT2D eigenvalue weighted by Crippen LogP contribution is 2.30. The summed E-state index contributed by atoms with van der Waals surface area (Å²) >= 11 is 0. The van der Waals surface area contributed by atoms with E-state index < -0.39 is 6.10 Å². The predicted molar refractivity (Wildman–Crippen MR) is 108 cm³/mol. The molecule has 0 bridgehead atoms. The zero-order valence-corrected chi connectivity index (χ0v) is 16.3. The van der Waals surface area contributed by atoms with Crippen LogP contribution in [0.3, 0.4) is 0 Å². The Kier molecular flexibility index (Phi) is 6.64. The molecule has 1 N–H and O–H groups in total. The Morgan fingerprint density at radius 3 is 2.11 bits per heavy atom. The lowest BCUT2D eigenvalue weighted by Crippen LogP contribution is -2.43. The number of rotatable bonds is 6. The van der Waals surface area contributed by atoms with Gasteiger partial charge in [0.2, 0.25) is 5.91 Å². The van der Waals surface area contributed by atoms with Crippen molar-refractivity contribution in [2.75, 3.05) is 26.7 Å². The number of hydrogen-bond acceptors (Lipinski definition) is 3. The number of likely N-dealkylation sites (N-methyl/N-ethyl adjacent to an activating group) is 1. The van der Waals surface area contributed by atoms with Gasteiger partial charge in [0.15, 0.2) is 0 Å². The summed E-state index contributed by atoms with van der Waals surface area (Å²) in [5.41, 5.74) is 2.14. The van der Waals surface area contributed by atoms with Crippen molar-refractivity contribution in [1.29, 1.82) is 0 Å². The molecule has 0 spiro atoms. The molecular weight excluding hydrogens is 336 g/mol. The number of piperidine rings is 1. The van der Waals surface area contributed by atoms with Crippen LogP contribution < -0.4 is 0 Å². The van der Waals surface area contributed by atoms with E-state index in [0.29, 0.717) is 6.54 Å². The quantitative estimate of drug-likeness (QED) is 0.849. The van der Waals surface area contributed by atoms with Crippen LogP contribution in [0.4, 0.5) is 0 Å². The third kappa shape index (κ3) is 4.96. The summed E-state index contributed by atoms with van der Waals surface area (Å²) in [6.07, 6.45) is 1.42. The predicted octanol–water partition coefficient (Wildman–Crippen LogP) is 3.65. The van der Waals surface area contributed by atoms with Crippen molar-refractivity contribution in [2.45, 2.75) is 31.9 Å². The van der Waals surface area contributed by atoms with Crippen LogP contribution >= 0.6 is 0 Å². The first-order valence-electron chi connectivity index (χ1n) is 9.82. The second-order valence-corrected chi connectivity index (χ2v) is 7.56. The molecule has 4 nitrogen and oxygen atoms in total. The van der Waals surface area contributed by atoms with E-state index in [1.807, 2.05) is 60.5 Å². The van der Waals surface area contributed by atoms with Gasteiger partial charge >= 0.3 is 0 Å². The Balaban J connectivity index is 1.49. The highest BCUT2D eigenvalue weighted by atomic mass is 16.3. The van der Waals surface area contributed by atoms with E-state index in [9.17, 15) is 9.90 Å². The zero-order chi connectivity index (χ0) is 19.2. The monoisotopic (exact) mass is 366 g/mol. The van der Waals surface area contributed by atoms with Crippen LogP contribution in [0.5, 0.6) is 0 Å². The summed E-state index contributed by atoms with van der Waals surface area (Å²) in [7, 11) is 1.88. The number of nitrogens with zero attached hydrogens (tertiary/aromatic N) is 2. The molecule has 4 heteroatoms. The first kappa shape index (κ1) is 19.6. The lowest BCUT2D eigenvalue weighted by atomic mass is 9.87. The molecule has 1 aliphatic rings. The van der Waals surface area contributed by atoms with Crippen molar-refractivity contribution in [2.24, 2.45) is 5.92 Å². The molecule has 3 rings (SSSR count). The third-order valence-electron chi connectivity index (χ3n) is 5.84. The number of likely N-dealkylation sites (tertiary alicyclic amines) is 1. The van der Waals surface area contributed by atoms with Crippen LogP contribution in [0.25, 0.3) is 0 Å². The van der Waals surface area contributed by atoms with E-state index in [-0.39, 0.29) is 17.9 Å². The second-order valence-electron chi connectivity index (χ2n) is 7.56. The number of carbonyl (C=O) groups is 1. The third-order valence-corrected chi connectivity index (χ3v) is 5.84. The van der Waals surface area contributed by atoms with Gasteiger partial charge in [-0.25, -0.2) is 0 Å². The van der Waals surface area contributed by atoms with Gasteiger partial charge in [-0.05, 0) is 49.9 Å². The smallest absolute Gasteiger partial charge is 0.236 e. The van der Waals surface area contributed by atoms with Crippen LogP contribution in [0.1, 0.15) is 43.0 Å². The van der Waals surface area contributed by atoms with Gasteiger partial charge in [0.1, 0.15) is 0 Å². The van der Waals surface area contributed by atoms with Crippen molar-refractivity contribution in [3.05, 3.63) is 71.8 Å². The van der Waals surface area contributed by atoms with Gasteiger partial charge in [-0.2, -0.15) is 0 Å². The number of benzene rings is 2. The Hall–Kier alpha value is -2.17. The molecule has 0 aromatic heterocycles. The zero-order valence-electron chi connectivity index (χ0n) is 16.3. The Morgan fingerprint density at radius 2 is 1.56 bits per heavy atom. The first-order chi connectivity index (χ1) is 13.1. The minimum Gasteiger partial charge on any atom is -0.388 e. The van der Waals surface area contributed by atoms with E-state index in [2.05, 4.69) is 24.0 Å². The maximum Gasteiger partial charge on any atom is 0.236 e. The number of aliphatic hydroxyl groups excluding tert-OH is 1. The summed E-state index contributed by atoms with van der Waals surface area (Å²) in [6, 6.07) is 20.1. The largest absolute Gasteiger partial charge is 0.388 e. The minimum absolute atomic E-state index is 0.0659. The fourth-order valence-corrected chi connectivity index (χ4v) is 3.82. The van der Waals surface area contributed by atoms with E-state index >= 15 is 0 Å². The Labute approximate surface area is 162 Å². The second kappa shape index (κ2) is 9.16. The van der Waals surface area contributed by atoms with Gasteiger partial charge < -0.3 is 10.0 Å². The average Bonchev–Trinajstić information content (AvgIpc) is 2.74. The normalized spacial score (nSPS) is 18.0. The summed E-state index contributed by atoms with van der Waals surface area (Å²) in [5.74, 6) is 0.410. The molecule has 1 heterocycles. The molecule has 1 aliphatic heterocycles. The summed E-state index contributed by atoms with van der Waals surface area (Å²) in [6.45, 7) is 4.22. The van der Waals surface area contributed by atoms with Crippen molar-refractivity contribution in [3.63, 3.8) is 0 Å². The van der Waals surface area contributed by atoms with Crippen LogP contribution in [0.2, 0.25) is 0 Å². The van der Waals surface area contributed by atoms with E-state index in [0.717, 1.165) is 37.1 Å². The van der Waals surface area contributed by atoms with Crippen molar-refractivity contribution in [3.8, 4) is 0 Å². The highest BCUT2D eigenvalue weighted by Gasteiger charge is 2.28. The van der Waals surface area contributed by atoms with Gasteiger partial charge in [0.05, 0.1) is 18.7 Å². The van der Waals surface area contributed by atoms with Crippen molar-refractivity contribution in [1.82, 2.24) is 9.80 Å². The Morgan fingerprint density at radius 1 is 1.04 bits per heavy atom. The maximum absolute atomic E-state index is 12.7. The van der Waals surface area contributed by atoms with Gasteiger partial charge in [0.25, 0.3) is 0 Å². The molecule has 1 amide bonds. The highest BCUT2D eigenvalue weighted by molar-refractivity contribution is 5.78. The molecule has 1 saturated heterocycles. The van der Waals surface area contributed by atoms with Crippen molar-refractivity contribution >= 4 is 5.91 Å². The topological polar surface area (TPSA) is 43.8 Å². The molecule has 27 heavy (non-hydrogen) atoms. The number of aliphatic hydroxyl groups is 1. The van der Waals surface area contributed by atoms with Crippen LogP contribution in [0.15, 0.2) is 60.7 Å². The minimum atomic E-state index is -0.412. The van der Waals surface area contributed by atoms with Crippen LogP contribution in [-0.4, -0.2) is 47.5 Å². The molecule has 0 saturated carbocycles. The summed E-state index contributed by atoms with van der Waals surface area (Å²) < 4.78 is 0. The molecule has 1 fully saturated rings. The molecule has 2 aromatic carbocycles. The maximum atomic E-state index is 12.7. The SMILES string of the molecule is CC(c1ccccc1)N(C)C(=O)CN1CCC(C(O)c2ccccc2)CC1. The molecular formula is C23H30N2O2. The lowest BCUT2D eigenvalue weighted by molar-refractivity contribution is -0.133. The van der Waals surface area contributed by atoms with Crippen LogP contribution in [0, 0.1) is 5.92 Å². The van der Waals surface area contributed by atoms with Gasteiger partial charge in [-0.3, -0.25) is 9.69 Å². The lowest BCUT2D eigenvalue weighted by Gasteiger charge is -2.35. The van der Waals surface area contributed by atoms with Gasteiger partial charge in [-0.1, -0.05) is 60.7 Å². The molecule has 2 unspecified atom stereocenters. The number of carbonyl (C=O) groups excluding carboxylic acids is 1. The fraction of sp³-hybridized carbons (Fsp3) is 0.435. The van der Waals surface area contributed by atoms with E-state index in [1.165, 1.54) is 0 Å². The first-order valence-corrected chi connectivity index (χ1v) is 9.82. The molecule has 0 aliphatic carbocycles. The van der Waals surface area contributed by atoms with Gasteiger partial charge in [0, 0.05) is 7.05 Å². The number of hydrogen-bond donors (Lipinski definition) is 1. The van der Waals surface area contributed by atoms with E-state index in [1.54, 1.807) is 0 Å². The fourth-order valence-electron chi connectivity index (χ4n) is 3.82. The van der Waals surface area contributed by atoms with Crippen molar-refractivity contribution < 1.29 is 9.90 Å². The molecule has 2 atom stereocenters. The number of amides is 1. The molecule has 144 valence electrons. The Bertz CT molecular complexity index is 712. The molecule has 0 radical (unpaired) electrons. The average molecular weight is 367 g/mol.